The van der Waals surface area contributed by atoms with Gasteiger partial charge in [0.05, 0.1) is 11.5 Å². The second-order valence-corrected chi connectivity index (χ2v) is 6.03. The fraction of sp³-hybridized carbons (Fsp3) is 0.111. The first-order valence-corrected chi connectivity index (χ1v) is 8.47. The first-order valence-electron chi connectivity index (χ1n) is 8.47. The Morgan fingerprint density at radius 3 is 2.63 bits per heavy atom. The lowest BCUT2D eigenvalue weighted by atomic mass is 10.2. The Hall–Kier alpha value is -4.22. The number of benzene rings is 2. The Morgan fingerprint density at radius 2 is 1.90 bits per heavy atom. The summed E-state index contributed by atoms with van der Waals surface area (Å²) in [5.74, 6) is -3.14. The summed E-state index contributed by atoms with van der Waals surface area (Å²) in [5.41, 5.74) is 0.342. The van der Waals surface area contributed by atoms with Crippen molar-refractivity contribution in [3.05, 3.63) is 70.5 Å². The van der Waals surface area contributed by atoms with Gasteiger partial charge in [-0.25, -0.2) is 18.4 Å². The molecule has 10 nitrogen and oxygen atoms in total. The number of nitro benzene ring substituents is 1. The van der Waals surface area contributed by atoms with Gasteiger partial charge in [0.25, 0.3) is 5.69 Å². The normalized spacial score (nSPS) is 10.5. The molecule has 2 N–H and O–H groups in total. The fourth-order valence-corrected chi connectivity index (χ4v) is 2.42. The van der Waals surface area contributed by atoms with Crippen LogP contribution in [0, 0.1) is 21.7 Å². The summed E-state index contributed by atoms with van der Waals surface area (Å²) in [5, 5.41) is 19.6. The van der Waals surface area contributed by atoms with Crippen LogP contribution >= 0.6 is 0 Å². The molecule has 30 heavy (non-hydrogen) atoms. The topological polar surface area (TPSA) is 132 Å². The number of anilines is 1. The largest absolute Gasteiger partial charge is 0.345 e. The molecule has 0 bridgehead atoms. The number of carbonyl (C=O) groups is 2. The SMILES string of the molecule is O=C(Cn1cnc(-c2cccc([N+](=O)[O-])c2)n1)NCC(=O)Nc1ccc(F)c(F)c1. The lowest BCUT2D eigenvalue weighted by Crippen LogP contribution is -2.35. The van der Waals surface area contributed by atoms with E-state index in [2.05, 4.69) is 20.7 Å². The highest BCUT2D eigenvalue weighted by Crippen LogP contribution is 2.20. The lowest BCUT2D eigenvalue weighted by molar-refractivity contribution is -0.384. The molecule has 3 rings (SSSR count). The second kappa shape index (κ2) is 8.86. The van der Waals surface area contributed by atoms with Crippen molar-refractivity contribution in [2.75, 3.05) is 11.9 Å². The average molecular weight is 416 g/mol. The van der Waals surface area contributed by atoms with Crippen molar-refractivity contribution in [1.29, 1.82) is 0 Å². The van der Waals surface area contributed by atoms with Crippen molar-refractivity contribution < 1.29 is 23.3 Å². The molecule has 12 heteroatoms. The number of nitrogens with zero attached hydrogens (tertiary/aromatic N) is 4. The van der Waals surface area contributed by atoms with E-state index < -0.39 is 34.9 Å². The Morgan fingerprint density at radius 1 is 1.10 bits per heavy atom. The van der Waals surface area contributed by atoms with Gasteiger partial charge in [0.1, 0.15) is 12.9 Å². The molecule has 0 radical (unpaired) electrons. The van der Waals surface area contributed by atoms with Gasteiger partial charge < -0.3 is 10.6 Å². The second-order valence-electron chi connectivity index (χ2n) is 6.03. The van der Waals surface area contributed by atoms with E-state index >= 15 is 0 Å². The Kier molecular flexibility index (Phi) is 6.05. The molecule has 0 saturated carbocycles. The first-order chi connectivity index (χ1) is 14.3. The van der Waals surface area contributed by atoms with E-state index in [1.807, 2.05) is 0 Å². The van der Waals surface area contributed by atoms with Crippen LogP contribution in [0.25, 0.3) is 11.4 Å². The predicted molar refractivity (Wildman–Crippen MR) is 100 cm³/mol. The van der Waals surface area contributed by atoms with Gasteiger partial charge in [0.15, 0.2) is 17.5 Å². The highest BCUT2D eigenvalue weighted by molar-refractivity contribution is 5.94. The van der Waals surface area contributed by atoms with Gasteiger partial charge in [0, 0.05) is 29.4 Å². The van der Waals surface area contributed by atoms with Gasteiger partial charge in [-0.1, -0.05) is 12.1 Å². The van der Waals surface area contributed by atoms with Crippen molar-refractivity contribution in [2.45, 2.75) is 6.54 Å². The van der Waals surface area contributed by atoms with Crippen LogP contribution in [0.5, 0.6) is 0 Å². The summed E-state index contributed by atoms with van der Waals surface area (Å²) in [4.78, 5) is 38.1. The summed E-state index contributed by atoms with van der Waals surface area (Å²) >= 11 is 0. The molecular weight excluding hydrogens is 402 g/mol. The molecule has 154 valence electrons. The zero-order chi connectivity index (χ0) is 21.7. The van der Waals surface area contributed by atoms with Gasteiger partial charge in [0.2, 0.25) is 11.8 Å². The van der Waals surface area contributed by atoms with Crippen LogP contribution in [0.2, 0.25) is 0 Å². The van der Waals surface area contributed by atoms with Crippen molar-refractivity contribution in [3.8, 4) is 11.4 Å². The minimum Gasteiger partial charge on any atom is -0.345 e. The molecule has 2 amide bonds. The molecule has 0 atom stereocenters. The molecule has 0 fully saturated rings. The van der Waals surface area contributed by atoms with Crippen LogP contribution in [0.1, 0.15) is 0 Å². The zero-order valence-corrected chi connectivity index (χ0v) is 15.2. The summed E-state index contributed by atoms with van der Waals surface area (Å²) in [7, 11) is 0. The number of nitrogens with one attached hydrogen (secondary N) is 2. The number of rotatable bonds is 7. The lowest BCUT2D eigenvalue weighted by Gasteiger charge is -2.07. The molecule has 2 aromatic carbocycles. The maximum atomic E-state index is 13.1. The predicted octanol–water partition coefficient (Wildman–Crippen LogP) is 1.89. The van der Waals surface area contributed by atoms with Crippen LogP contribution in [0.4, 0.5) is 20.2 Å². The Bertz CT molecular complexity index is 1120. The molecule has 1 heterocycles. The van der Waals surface area contributed by atoms with Gasteiger partial charge >= 0.3 is 0 Å². The zero-order valence-electron chi connectivity index (χ0n) is 15.2. The maximum Gasteiger partial charge on any atom is 0.270 e. The summed E-state index contributed by atoms with van der Waals surface area (Å²) in [6.07, 6.45) is 1.27. The van der Waals surface area contributed by atoms with Crippen LogP contribution < -0.4 is 10.6 Å². The highest BCUT2D eigenvalue weighted by atomic mass is 19.2. The summed E-state index contributed by atoms with van der Waals surface area (Å²) < 4.78 is 27.2. The molecule has 0 spiro atoms. The van der Waals surface area contributed by atoms with Crippen LogP contribution in [0.15, 0.2) is 48.8 Å². The number of non-ortho nitro benzene ring substituents is 1. The van der Waals surface area contributed by atoms with Crippen LogP contribution in [0.3, 0.4) is 0 Å². The van der Waals surface area contributed by atoms with E-state index in [0.29, 0.717) is 5.56 Å². The summed E-state index contributed by atoms with van der Waals surface area (Å²) in [6, 6.07) is 8.60. The van der Waals surface area contributed by atoms with Crippen LogP contribution in [-0.4, -0.2) is 38.0 Å². The molecule has 1 aromatic heterocycles. The number of aromatic nitrogens is 3. The number of halogens is 2. The van der Waals surface area contributed by atoms with Gasteiger partial charge in [-0.3, -0.25) is 19.7 Å². The van der Waals surface area contributed by atoms with Crippen molar-refractivity contribution >= 4 is 23.2 Å². The molecular formula is C18H14F2N6O4. The fourth-order valence-electron chi connectivity index (χ4n) is 2.42. The van der Waals surface area contributed by atoms with E-state index in [4.69, 9.17) is 0 Å². The van der Waals surface area contributed by atoms with Crippen molar-refractivity contribution in [1.82, 2.24) is 20.1 Å². The van der Waals surface area contributed by atoms with E-state index in [0.717, 1.165) is 12.1 Å². The summed E-state index contributed by atoms with van der Waals surface area (Å²) in [6.45, 7) is -0.648. The number of hydrogen-bond donors (Lipinski definition) is 2. The standard InChI is InChI=1S/C18H14F2N6O4/c19-14-5-4-12(7-15(14)20)23-16(27)8-21-17(28)9-25-10-22-18(24-25)11-2-1-3-13(6-11)26(29)30/h1-7,10H,8-9H2,(H,21,28)(H,23,27). The maximum absolute atomic E-state index is 13.1. The smallest absolute Gasteiger partial charge is 0.270 e. The highest BCUT2D eigenvalue weighted by Gasteiger charge is 2.12. The molecule has 3 aromatic rings. The molecule has 0 aliphatic carbocycles. The number of amides is 2. The average Bonchev–Trinajstić information content (AvgIpc) is 3.18. The quantitative estimate of drug-likeness (QED) is 0.447. The van der Waals surface area contributed by atoms with Crippen molar-refractivity contribution in [3.63, 3.8) is 0 Å². The Balaban J connectivity index is 1.53. The van der Waals surface area contributed by atoms with Crippen LogP contribution in [-0.2, 0) is 16.1 Å². The Labute approximate surface area is 167 Å². The monoisotopic (exact) mass is 416 g/mol. The first kappa shape index (κ1) is 20.5. The third kappa shape index (κ3) is 5.19. The molecule has 0 aliphatic rings. The van der Waals surface area contributed by atoms with E-state index in [-0.39, 0.29) is 23.7 Å². The number of carbonyl (C=O) groups excluding carboxylic acids is 2. The molecule has 0 aliphatic heterocycles. The number of hydrogen-bond acceptors (Lipinski definition) is 6. The van der Waals surface area contributed by atoms with E-state index in [9.17, 15) is 28.5 Å². The third-order valence-electron chi connectivity index (χ3n) is 3.81. The molecule has 0 unspecified atom stereocenters. The third-order valence-corrected chi connectivity index (χ3v) is 3.81. The van der Waals surface area contributed by atoms with E-state index in [1.165, 1.54) is 35.3 Å². The minimum absolute atomic E-state index is 0.0472. The number of nitro groups is 1. The van der Waals surface area contributed by atoms with Gasteiger partial charge in [-0.05, 0) is 12.1 Å². The van der Waals surface area contributed by atoms with Gasteiger partial charge in [-0.2, -0.15) is 5.10 Å². The van der Waals surface area contributed by atoms with Crippen molar-refractivity contribution in [2.24, 2.45) is 0 Å². The molecule has 0 saturated heterocycles. The minimum atomic E-state index is -1.11. The van der Waals surface area contributed by atoms with E-state index in [1.54, 1.807) is 6.07 Å². The van der Waals surface area contributed by atoms with Gasteiger partial charge in [-0.15, -0.1) is 0 Å².